The average Bonchev–Trinajstić information content (AvgIpc) is 2.44. The Balaban J connectivity index is 2.43. The van der Waals surface area contributed by atoms with Crippen molar-refractivity contribution >= 4 is 17.9 Å². The molecule has 1 amide bonds. The summed E-state index contributed by atoms with van der Waals surface area (Å²) >= 11 is 0. The Hall–Kier alpha value is -2.31. The van der Waals surface area contributed by atoms with E-state index >= 15 is 0 Å². The lowest BCUT2D eigenvalue weighted by atomic mass is 9.93. The van der Waals surface area contributed by atoms with Crippen molar-refractivity contribution in [2.75, 3.05) is 6.61 Å². The number of nitrogens with one attached hydrogen (secondary N) is 1. The number of cyclic esters (lactones) is 1. The van der Waals surface area contributed by atoms with Gasteiger partial charge in [0, 0.05) is 5.56 Å². The van der Waals surface area contributed by atoms with Gasteiger partial charge in [0.1, 0.15) is 12.3 Å². The van der Waals surface area contributed by atoms with Gasteiger partial charge in [-0.25, -0.2) is 10.2 Å². The maximum Gasteiger partial charge on any atom is 0.428 e. The summed E-state index contributed by atoms with van der Waals surface area (Å²) in [6, 6.07) is 3.93. The number of nitrogens with zero attached hydrogens (tertiary/aromatic N) is 1. The van der Waals surface area contributed by atoms with E-state index in [-0.39, 0.29) is 28.9 Å². The molecule has 0 unspecified atom stereocenters. The lowest BCUT2D eigenvalue weighted by Gasteiger charge is -2.17. The van der Waals surface area contributed by atoms with Crippen molar-refractivity contribution in [1.82, 2.24) is 5.43 Å². The number of hydrogen-bond acceptors (Lipinski definition) is 3. The van der Waals surface area contributed by atoms with Gasteiger partial charge in [-0.2, -0.15) is 18.3 Å². The molecule has 1 N–H and O–H groups in total. The number of amides is 1. The molecule has 0 spiro atoms. The van der Waals surface area contributed by atoms with E-state index in [1.807, 2.05) is 20.8 Å². The number of ether oxygens (including phenoxy) is 1. The predicted octanol–water partition coefficient (Wildman–Crippen LogP) is 4.21. The van der Waals surface area contributed by atoms with Gasteiger partial charge in [-0.1, -0.05) is 45.1 Å². The summed E-state index contributed by atoms with van der Waals surface area (Å²) in [4.78, 5) is 10.9. The van der Waals surface area contributed by atoms with Crippen LogP contribution in [0.4, 0.5) is 18.0 Å². The van der Waals surface area contributed by atoms with E-state index in [0.29, 0.717) is 0 Å². The first kappa shape index (κ1) is 17.1. The molecule has 1 aromatic carbocycles. The highest BCUT2D eigenvalue weighted by Gasteiger charge is 2.33. The summed E-state index contributed by atoms with van der Waals surface area (Å²) in [5.74, 6) is 0. The molecule has 0 aliphatic carbocycles. The van der Waals surface area contributed by atoms with Crippen molar-refractivity contribution in [3.63, 3.8) is 0 Å². The van der Waals surface area contributed by atoms with Crippen LogP contribution < -0.4 is 5.43 Å². The molecule has 0 bridgehead atoms. The van der Waals surface area contributed by atoms with Crippen molar-refractivity contribution in [2.45, 2.75) is 26.9 Å². The molecule has 2 rings (SSSR count). The summed E-state index contributed by atoms with van der Waals surface area (Å²) in [7, 11) is 0. The fourth-order valence-corrected chi connectivity index (χ4v) is 1.93. The van der Waals surface area contributed by atoms with E-state index < -0.39 is 17.8 Å². The molecular formula is C16H17F3N2O2. The Morgan fingerprint density at radius 3 is 2.48 bits per heavy atom. The van der Waals surface area contributed by atoms with Crippen LogP contribution in [-0.4, -0.2) is 18.4 Å². The molecular weight excluding hydrogens is 309 g/mol. The third-order valence-corrected chi connectivity index (χ3v) is 3.08. The minimum Gasteiger partial charge on any atom is -0.442 e. The third-order valence-electron chi connectivity index (χ3n) is 3.08. The van der Waals surface area contributed by atoms with Crippen LogP contribution in [-0.2, 0) is 10.9 Å². The van der Waals surface area contributed by atoms with Gasteiger partial charge in [-0.15, -0.1) is 0 Å². The van der Waals surface area contributed by atoms with Crippen molar-refractivity contribution in [2.24, 2.45) is 10.5 Å². The number of alkyl halides is 3. The van der Waals surface area contributed by atoms with Gasteiger partial charge in [0.15, 0.2) is 0 Å². The van der Waals surface area contributed by atoms with Crippen LogP contribution in [0.25, 0.3) is 6.08 Å². The zero-order valence-electron chi connectivity index (χ0n) is 13.0. The van der Waals surface area contributed by atoms with Gasteiger partial charge in [0.2, 0.25) is 0 Å². The average molecular weight is 326 g/mol. The number of hydrogen-bond donors (Lipinski definition) is 1. The monoisotopic (exact) mass is 326 g/mol. The highest BCUT2D eigenvalue weighted by atomic mass is 19.4. The SMILES string of the molecule is CC(C)(C)C=Cc1ccc(C2=NNC(=O)OC2)cc1C(F)(F)F. The van der Waals surface area contributed by atoms with Crippen LogP contribution in [0.5, 0.6) is 0 Å². The van der Waals surface area contributed by atoms with E-state index in [9.17, 15) is 18.0 Å². The summed E-state index contributed by atoms with van der Waals surface area (Å²) in [5.41, 5.74) is 1.67. The van der Waals surface area contributed by atoms with Crippen molar-refractivity contribution < 1.29 is 22.7 Å². The van der Waals surface area contributed by atoms with Crippen molar-refractivity contribution in [3.8, 4) is 0 Å². The number of benzene rings is 1. The lowest BCUT2D eigenvalue weighted by Crippen LogP contribution is -2.30. The van der Waals surface area contributed by atoms with Crippen molar-refractivity contribution in [1.29, 1.82) is 0 Å². The molecule has 1 heterocycles. The molecule has 1 aromatic rings. The van der Waals surface area contributed by atoms with E-state index in [4.69, 9.17) is 4.74 Å². The molecule has 0 atom stereocenters. The highest BCUT2D eigenvalue weighted by Crippen LogP contribution is 2.34. The largest absolute Gasteiger partial charge is 0.442 e. The quantitative estimate of drug-likeness (QED) is 0.885. The van der Waals surface area contributed by atoms with Crippen LogP contribution in [0.1, 0.15) is 37.5 Å². The van der Waals surface area contributed by atoms with E-state index in [1.54, 1.807) is 6.08 Å². The van der Waals surface area contributed by atoms with E-state index in [0.717, 1.165) is 6.07 Å². The summed E-state index contributed by atoms with van der Waals surface area (Å²) in [6.45, 7) is 5.55. The lowest BCUT2D eigenvalue weighted by molar-refractivity contribution is -0.137. The molecule has 124 valence electrons. The second-order valence-electron chi connectivity index (χ2n) is 6.25. The van der Waals surface area contributed by atoms with Gasteiger partial charge in [-0.05, 0) is 17.0 Å². The molecule has 23 heavy (non-hydrogen) atoms. The molecule has 7 heteroatoms. The van der Waals surface area contributed by atoms with E-state index in [1.165, 1.54) is 18.2 Å². The smallest absolute Gasteiger partial charge is 0.428 e. The first-order chi connectivity index (χ1) is 10.6. The Labute approximate surface area is 132 Å². The number of hydrazone groups is 1. The summed E-state index contributed by atoms with van der Waals surface area (Å²) in [5, 5.41) is 3.73. The molecule has 0 saturated carbocycles. The zero-order chi connectivity index (χ0) is 17.3. The molecule has 0 radical (unpaired) electrons. The second kappa shape index (κ2) is 6.06. The van der Waals surface area contributed by atoms with Crippen LogP contribution >= 0.6 is 0 Å². The maximum atomic E-state index is 13.3. The Bertz CT molecular complexity index is 671. The molecule has 1 aliphatic rings. The van der Waals surface area contributed by atoms with Gasteiger partial charge in [0.05, 0.1) is 5.56 Å². The fourth-order valence-electron chi connectivity index (χ4n) is 1.93. The Morgan fingerprint density at radius 2 is 1.96 bits per heavy atom. The predicted molar refractivity (Wildman–Crippen MR) is 81.0 cm³/mol. The minimum atomic E-state index is -4.49. The number of carbonyl (C=O) groups is 1. The van der Waals surface area contributed by atoms with E-state index in [2.05, 4.69) is 10.5 Å². The first-order valence-corrected chi connectivity index (χ1v) is 6.96. The van der Waals surface area contributed by atoms with Crippen LogP contribution in [0, 0.1) is 5.41 Å². The Morgan fingerprint density at radius 1 is 1.26 bits per heavy atom. The van der Waals surface area contributed by atoms with Crippen molar-refractivity contribution in [3.05, 3.63) is 41.0 Å². The van der Waals surface area contributed by atoms with Crippen LogP contribution in [0.15, 0.2) is 29.4 Å². The molecule has 1 aliphatic heterocycles. The molecule has 4 nitrogen and oxygen atoms in total. The molecule has 0 aromatic heterocycles. The van der Waals surface area contributed by atoms with Gasteiger partial charge >= 0.3 is 12.3 Å². The van der Waals surface area contributed by atoms with Crippen LogP contribution in [0.3, 0.4) is 0 Å². The Kier molecular flexibility index (Phi) is 4.49. The zero-order valence-corrected chi connectivity index (χ0v) is 13.0. The third kappa shape index (κ3) is 4.58. The normalized spacial score (nSPS) is 16.1. The number of allylic oxidation sites excluding steroid dienone is 1. The number of halogens is 3. The topological polar surface area (TPSA) is 50.7 Å². The minimum absolute atomic E-state index is 0.0811. The number of rotatable bonds is 2. The molecule has 0 fully saturated rings. The fraction of sp³-hybridized carbons (Fsp3) is 0.375. The standard InChI is InChI=1S/C16H17F3N2O2/c1-15(2,3)7-6-10-4-5-11(8-12(10)16(17,18)19)13-9-23-14(22)21-20-13/h4-8H,9H2,1-3H3,(H,21,22). The first-order valence-electron chi connectivity index (χ1n) is 6.96. The van der Waals surface area contributed by atoms with Crippen LogP contribution in [0.2, 0.25) is 0 Å². The van der Waals surface area contributed by atoms with Gasteiger partial charge in [-0.3, -0.25) is 0 Å². The second-order valence-corrected chi connectivity index (χ2v) is 6.25. The summed E-state index contributed by atoms with van der Waals surface area (Å²) < 4.78 is 44.6. The summed E-state index contributed by atoms with van der Waals surface area (Å²) in [6.07, 6.45) is -2.03. The number of carbonyl (C=O) groups excluding carboxylic acids is 1. The van der Waals surface area contributed by atoms with Gasteiger partial charge < -0.3 is 4.74 Å². The van der Waals surface area contributed by atoms with Gasteiger partial charge in [0.25, 0.3) is 0 Å². The molecule has 0 saturated heterocycles. The highest BCUT2D eigenvalue weighted by molar-refractivity contribution is 6.04. The maximum absolute atomic E-state index is 13.3.